The first kappa shape index (κ1) is 22.5. The van der Waals surface area contributed by atoms with Crippen LogP contribution in [0.15, 0.2) is 30.7 Å². The summed E-state index contributed by atoms with van der Waals surface area (Å²) < 4.78 is 3.22. The van der Waals surface area contributed by atoms with Crippen LogP contribution in [0.1, 0.15) is 63.2 Å². The lowest BCUT2D eigenvalue weighted by Crippen LogP contribution is -2.57. The third-order valence-corrected chi connectivity index (χ3v) is 9.34. The van der Waals surface area contributed by atoms with Gasteiger partial charge < -0.3 is 15.7 Å². The zero-order valence-electron chi connectivity index (χ0n) is 20.6. The van der Waals surface area contributed by atoms with Crippen molar-refractivity contribution in [1.82, 2.24) is 30.2 Å². The number of aromatic nitrogens is 4. The van der Waals surface area contributed by atoms with Crippen LogP contribution in [0.3, 0.4) is 0 Å². The Labute approximate surface area is 205 Å². The standard InChI is InChI=1S/C26H34N6O3/c1-4-27-23(34)24(2,3)6-9-32-22(31-8-5-7-28-31)19(15-29-32)21(33)30-20-16-10-18-14-26(35)13-17(20)12-25(18,26)11-16/h5-9,15-18,20,35H,4,10-14H2,1-3H3,(H,27,34)(H,30,33)/b9-6+. The average molecular weight is 479 g/mol. The first-order valence-corrected chi connectivity index (χ1v) is 12.8. The minimum absolute atomic E-state index is 0.0796. The molecule has 3 N–H and O–H groups in total. The van der Waals surface area contributed by atoms with Gasteiger partial charge >= 0.3 is 0 Å². The van der Waals surface area contributed by atoms with Crippen molar-refractivity contribution in [3.63, 3.8) is 0 Å². The summed E-state index contributed by atoms with van der Waals surface area (Å²) >= 11 is 0. The molecule has 2 aromatic heterocycles. The van der Waals surface area contributed by atoms with Crippen molar-refractivity contribution in [3.8, 4) is 5.82 Å². The van der Waals surface area contributed by atoms with Gasteiger partial charge in [-0.3, -0.25) is 9.59 Å². The van der Waals surface area contributed by atoms with Gasteiger partial charge in [-0.15, -0.1) is 0 Å². The van der Waals surface area contributed by atoms with E-state index in [0.29, 0.717) is 35.7 Å². The molecule has 2 heterocycles. The minimum atomic E-state index is -0.744. The highest BCUT2D eigenvalue weighted by molar-refractivity contribution is 5.97. The third-order valence-electron chi connectivity index (χ3n) is 9.34. The number of carbonyl (C=O) groups is 2. The van der Waals surface area contributed by atoms with E-state index in [9.17, 15) is 14.7 Å². The molecule has 4 fully saturated rings. The molecule has 0 saturated heterocycles. The maximum Gasteiger partial charge on any atom is 0.257 e. The Morgan fingerprint density at radius 2 is 2.03 bits per heavy atom. The number of hydrogen-bond acceptors (Lipinski definition) is 5. The highest BCUT2D eigenvalue weighted by atomic mass is 16.3. The fourth-order valence-electron chi connectivity index (χ4n) is 7.68. The summed E-state index contributed by atoms with van der Waals surface area (Å²) in [6.45, 7) is 6.12. The molecule has 3 bridgehead atoms. The first-order valence-electron chi connectivity index (χ1n) is 12.8. The molecule has 6 atom stereocenters. The van der Waals surface area contributed by atoms with Crippen molar-refractivity contribution in [2.45, 2.75) is 64.5 Å². The number of amides is 2. The summed E-state index contributed by atoms with van der Waals surface area (Å²) in [7, 11) is 0. The normalized spacial score (nSPS) is 34.7. The quantitative estimate of drug-likeness (QED) is 0.565. The van der Waals surface area contributed by atoms with E-state index >= 15 is 0 Å². The SMILES string of the molecule is CCNC(=O)C(C)(C)/C=C/n1ncc(C(=O)NC2C3CC4CC5(O)CC2CC45C3)c1-n1cccn1. The molecule has 0 aliphatic heterocycles. The maximum absolute atomic E-state index is 13.6. The summed E-state index contributed by atoms with van der Waals surface area (Å²) in [5.74, 6) is 1.65. The zero-order valence-corrected chi connectivity index (χ0v) is 20.6. The van der Waals surface area contributed by atoms with Crippen LogP contribution in [0.5, 0.6) is 0 Å². The lowest BCUT2D eigenvalue weighted by molar-refractivity contribution is -0.176. The molecule has 4 aliphatic rings. The van der Waals surface area contributed by atoms with Gasteiger partial charge in [0, 0.05) is 36.6 Å². The number of fused-ring (bicyclic) bond motifs is 2. The monoisotopic (exact) mass is 478 g/mol. The zero-order chi connectivity index (χ0) is 24.6. The summed E-state index contributed by atoms with van der Waals surface area (Å²) in [5.41, 5.74) is -0.697. The van der Waals surface area contributed by atoms with Crippen molar-refractivity contribution in [3.05, 3.63) is 36.3 Å². The second-order valence-corrected chi connectivity index (χ2v) is 11.6. The lowest BCUT2D eigenvalue weighted by Gasteiger charge is -2.55. The van der Waals surface area contributed by atoms with Crippen molar-refractivity contribution in [2.24, 2.45) is 28.6 Å². The van der Waals surface area contributed by atoms with Gasteiger partial charge in [-0.05, 0) is 76.7 Å². The predicted octanol–water partition coefficient (Wildman–Crippen LogP) is 2.37. The first-order chi connectivity index (χ1) is 16.7. The van der Waals surface area contributed by atoms with Crippen LogP contribution in [-0.2, 0) is 4.79 Å². The van der Waals surface area contributed by atoms with Crippen molar-refractivity contribution >= 4 is 18.0 Å². The number of hydrogen-bond donors (Lipinski definition) is 3. The van der Waals surface area contributed by atoms with E-state index in [4.69, 9.17) is 0 Å². The number of rotatable bonds is 7. The summed E-state index contributed by atoms with van der Waals surface area (Å²) in [6, 6.07) is 1.88. The van der Waals surface area contributed by atoms with Crippen molar-refractivity contribution in [1.29, 1.82) is 0 Å². The average Bonchev–Trinajstić information content (AvgIpc) is 3.55. The molecule has 6 rings (SSSR count). The molecule has 186 valence electrons. The Bertz CT molecular complexity index is 1200. The van der Waals surface area contributed by atoms with Crippen molar-refractivity contribution < 1.29 is 14.7 Å². The Kier molecular flexibility index (Phi) is 4.84. The second kappa shape index (κ2) is 7.53. The van der Waals surface area contributed by atoms with Crippen LogP contribution in [0, 0.1) is 28.6 Å². The van der Waals surface area contributed by atoms with Gasteiger partial charge in [0.2, 0.25) is 5.91 Å². The van der Waals surface area contributed by atoms with Gasteiger partial charge in [0.15, 0.2) is 5.82 Å². The molecule has 4 saturated carbocycles. The van der Waals surface area contributed by atoms with Crippen molar-refractivity contribution in [2.75, 3.05) is 6.54 Å². The van der Waals surface area contributed by atoms with Crippen LogP contribution >= 0.6 is 0 Å². The molecule has 1 spiro atoms. The van der Waals surface area contributed by atoms with Crippen LogP contribution in [0.25, 0.3) is 12.0 Å². The van der Waals surface area contributed by atoms with Gasteiger partial charge in [0.25, 0.3) is 5.91 Å². The maximum atomic E-state index is 13.6. The van der Waals surface area contributed by atoms with Gasteiger partial charge in [-0.1, -0.05) is 6.08 Å². The van der Waals surface area contributed by atoms with E-state index in [1.165, 1.54) is 0 Å². The molecule has 4 aliphatic carbocycles. The predicted molar refractivity (Wildman–Crippen MR) is 129 cm³/mol. The molecule has 2 amide bonds. The lowest BCUT2D eigenvalue weighted by atomic mass is 9.53. The fourth-order valence-corrected chi connectivity index (χ4v) is 7.68. The summed E-state index contributed by atoms with van der Waals surface area (Å²) in [6.07, 6.45) is 13.4. The summed E-state index contributed by atoms with van der Waals surface area (Å²) in [5, 5.41) is 26.2. The van der Waals surface area contributed by atoms with E-state index in [1.807, 2.05) is 20.8 Å². The molecule has 9 nitrogen and oxygen atoms in total. The van der Waals surface area contributed by atoms with Gasteiger partial charge in [-0.25, -0.2) is 9.36 Å². The Morgan fingerprint density at radius 1 is 1.23 bits per heavy atom. The molecular formula is C26H34N6O3. The van der Waals surface area contributed by atoms with E-state index in [2.05, 4.69) is 20.8 Å². The summed E-state index contributed by atoms with van der Waals surface area (Å²) in [4.78, 5) is 26.0. The minimum Gasteiger partial charge on any atom is -0.389 e. The number of nitrogens with zero attached hydrogens (tertiary/aromatic N) is 4. The topological polar surface area (TPSA) is 114 Å². The number of aliphatic hydroxyl groups is 1. The largest absolute Gasteiger partial charge is 0.389 e. The van der Waals surface area contributed by atoms with E-state index in [0.717, 1.165) is 32.1 Å². The fraction of sp³-hybridized carbons (Fsp3) is 0.615. The molecular weight excluding hydrogens is 444 g/mol. The molecule has 0 radical (unpaired) electrons. The van der Waals surface area contributed by atoms with E-state index in [1.54, 1.807) is 46.3 Å². The highest BCUT2D eigenvalue weighted by Gasteiger charge is 2.76. The number of nitrogens with one attached hydrogen (secondary N) is 2. The second-order valence-electron chi connectivity index (χ2n) is 11.6. The van der Waals surface area contributed by atoms with E-state index in [-0.39, 0.29) is 23.3 Å². The Hall–Kier alpha value is -2.94. The Morgan fingerprint density at radius 3 is 2.77 bits per heavy atom. The molecule has 2 aromatic rings. The van der Waals surface area contributed by atoms with Crippen LogP contribution in [-0.4, -0.2) is 54.7 Å². The third kappa shape index (κ3) is 3.16. The molecule has 6 unspecified atom stereocenters. The molecule has 9 heteroatoms. The Balaban J connectivity index is 1.27. The van der Waals surface area contributed by atoms with Gasteiger partial charge in [0.05, 0.1) is 17.2 Å². The van der Waals surface area contributed by atoms with E-state index < -0.39 is 11.0 Å². The van der Waals surface area contributed by atoms with Gasteiger partial charge in [-0.2, -0.15) is 10.2 Å². The highest BCUT2D eigenvalue weighted by Crippen LogP contribution is 2.77. The van der Waals surface area contributed by atoms with Crippen LogP contribution in [0.2, 0.25) is 0 Å². The smallest absolute Gasteiger partial charge is 0.257 e. The number of carbonyl (C=O) groups excluding carboxylic acids is 2. The van der Waals surface area contributed by atoms with Gasteiger partial charge in [0.1, 0.15) is 5.56 Å². The van der Waals surface area contributed by atoms with Crippen LogP contribution in [0.4, 0.5) is 0 Å². The molecule has 35 heavy (non-hydrogen) atoms. The molecule has 0 aromatic carbocycles. The van der Waals surface area contributed by atoms with Crippen LogP contribution < -0.4 is 10.6 Å².